The average molecular weight is 1600 g/mol. The number of esters is 4. The number of aldehydes is 1. The van der Waals surface area contributed by atoms with Crippen molar-refractivity contribution in [1.82, 2.24) is 0 Å². The molecule has 0 aromatic heterocycles. The van der Waals surface area contributed by atoms with Crippen LogP contribution in [-0.2, 0) is 93.5 Å². The average Bonchev–Trinajstić information content (AvgIpc) is 1.59. The summed E-state index contributed by atoms with van der Waals surface area (Å²) in [6.45, 7) is 40.0. The maximum Gasteiger partial charge on any atom is 0.498 e. The Morgan fingerprint density at radius 3 is 1.21 bits per heavy atom. The maximum absolute atomic E-state index is 12.0. The molecule has 106 heavy (non-hydrogen) atoms. The highest BCUT2D eigenvalue weighted by Gasteiger charge is 2.52. The van der Waals surface area contributed by atoms with Crippen molar-refractivity contribution in [3.63, 3.8) is 0 Å². The van der Waals surface area contributed by atoms with Gasteiger partial charge < -0.3 is 61.1 Å². The van der Waals surface area contributed by atoms with E-state index >= 15 is 0 Å². The molecule has 0 N–H and O–H groups in total. The van der Waals surface area contributed by atoms with Crippen molar-refractivity contribution < 1.29 is 85.1 Å². The highest BCUT2D eigenvalue weighted by Crippen LogP contribution is 2.45. The monoisotopic (exact) mass is 1600 g/mol. The molecule has 0 radical (unpaired) electrons. The van der Waals surface area contributed by atoms with E-state index in [-0.39, 0.29) is 29.3 Å². The van der Waals surface area contributed by atoms with Crippen LogP contribution >= 0.6 is 22.6 Å². The van der Waals surface area contributed by atoms with Crippen LogP contribution in [0, 0.1) is 30.6 Å². The molecular weight excluding hydrogens is 1470 g/mol. The molecule has 0 bridgehead atoms. The van der Waals surface area contributed by atoms with Gasteiger partial charge in [0.15, 0.2) is 0 Å². The van der Waals surface area contributed by atoms with Gasteiger partial charge in [0.1, 0.15) is 35.0 Å². The van der Waals surface area contributed by atoms with Crippen LogP contribution in [0.2, 0.25) is 19.6 Å². The fraction of sp³-hybridized carbons (Fsp3) is 0.541. The number of hydrogen-bond acceptors (Lipinski definition) is 18. The maximum atomic E-state index is 12.0. The van der Waals surface area contributed by atoms with E-state index in [1.165, 1.54) is 40.4 Å². The highest BCUT2D eigenvalue weighted by molar-refractivity contribution is 14.1. The predicted octanol–water partition coefficient (Wildman–Crippen LogP) is 18.2. The summed E-state index contributed by atoms with van der Waals surface area (Å²) in [7, 11) is 13.5. The standard InChI is InChI=1S/C22H30O4.C19H29BO5.C13H17IO3.C13H18O3.C10H14O.C8H18O2Si/c1-21(2)10-9-17(16(13-21)14-23)18-11-15(7-8-19(18)25-5)12-22(3,4)20(24)26-6;1-17(2,16(21)23-8)12-13-9-10-15(22-7)14(11-13)20-24-18(3,4)19(5,6)25-20;1-13(2,12(15)17-4)8-9-5-6-11(16-3)10(14)7-9;1-13(2,12(14)16-4)9-10-5-7-11(15-3)8-6-10;1-3-4-9-5-7-10(11-2)8-6-9;1-7(2)8(9-3)10-11(4,5)6/h7-8,11,14H,9-10,12-13H2,1-6H3;9-11H,12H2,1-8H3;5-7H,8H2,1-4H3;5-8H,9H2,1-4H3;5-8H,3-4H2,1-2H3;1-6H3. The van der Waals surface area contributed by atoms with E-state index in [9.17, 15) is 24.0 Å². The summed E-state index contributed by atoms with van der Waals surface area (Å²) in [4.78, 5) is 58.8. The summed E-state index contributed by atoms with van der Waals surface area (Å²) in [5.41, 5.74) is 7.46. The van der Waals surface area contributed by atoms with Crippen LogP contribution in [0.5, 0.6) is 28.7 Å². The molecule has 1 heterocycles. The van der Waals surface area contributed by atoms with Crippen LogP contribution in [-0.4, -0.2) is 128 Å². The van der Waals surface area contributed by atoms with Crippen molar-refractivity contribution in [2.24, 2.45) is 27.1 Å². The molecule has 1 saturated heterocycles. The number of allylic oxidation sites excluding steroid dienone is 3. The fourth-order valence-electron chi connectivity index (χ4n) is 11.6. The lowest BCUT2D eigenvalue weighted by Crippen LogP contribution is -2.41. The number of carbonyl (C=O) groups excluding carboxylic acids is 5. The number of ether oxygens (including phenoxy) is 10. The Labute approximate surface area is 650 Å². The molecule has 1 aliphatic carbocycles. The van der Waals surface area contributed by atoms with Gasteiger partial charge >= 0.3 is 31.0 Å². The van der Waals surface area contributed by atoms with Gasteiger partial charge in [-0.3, -0.25) is 24.0 Å². The van der Waals surface area contributed by atoms with E-state index in [2.05, 4.69) is 81.2 Å². The Morgan fingerprint density at radius 2 is 0.868 bits per heavy atom. The highest BCUT2D eigenvalue weighted by atomic mass is 127. The quantitative estimate of drug-likeness (QED) is 0.0133. The van der Waals surface area contributed by atoms with Crippen molar-refractivity contribution in [2.75, 3.05) is 71.1 Å². The number of rotatable bonds is 25. The topological polar surface area (TPSA) is 205 Å². The van der Waals surface area contributed by atoms with Gasteiger partial charge in [0.05, 0.1) is 108 Å². The Morgan fingerprint density at radius 1 is 0.500 bits per heavy atom. The molecule has 1 fully saturated rings. The normalized spacial score (nSPS) is 14.2. The molecule has 7 rings (SSSR count). The third kappa shape index (κ3) is 30.0. The van der Waals surface area contributed by atoms with E-state index in [4.69, 9.17) is 61.1 Å². The number of methoxy groups -OCH3 is 10. The van der Waals surface area contributed by atoms with Crippen LogP contribution in [0.25, 0.3) is 5.57 Å². The van der Waals surface area contributed by atoms with Gasteiger partial charge in [-0.2, -0.15) is 0 Å². The van der Waals surface area contributed by atoms with Gasteiger partial charge in [-0.25, -0.2) is 0 Å². The summed E-state index contributed by atoms with van der Waals surface area (Å²) in [6.07, 6.45) is 8.41. The molecule has 0 amide bonds. The largest absolute Gasteiger partial charge is 0.520 e. The third-order valence-corrected chi connectivity index (χ3v) is 19.9. The minimum absolute atomic E-state index is 0.136. The van der Waals surface area contributed by atoms with Crippen LogP contribution in [0.4, 0.5) is 0 Å². The molecular formula is C85H126BIO18Si. The number of carbonyl (C=O) groups is 5. The Hall–Kier alpha value is -7.34. The first kappa shape index (κ1) is 94.7. The molecule has 5 aromatic rings. The number of halogens is 1. The van der Waals surface area contributed by atoms with Crippen molar-refractivity contribution >= 4 is 79.2 Å². The summed E-state index contributed by atoms with van der Waals surface area (Å²) >= 11 is 2.22. The molecule has 588 valence electrons. The van der Waals surface area contributed by atoms with Crippen molar-refractivity contribution in [2.45, 2.75) is 206 Å². The van der Waals surface area contributed by atoms with Gasteiger partial charge in [0.25, 0.3) is 5.95 Å². The first-order valence-corrected chi connectivity index (χ1v) is 40.4. The van der Waals surface area contributed by atoms with E-state index < -0.39 is 48.3 Å². The van der Waals surface area contributed by atoms with E-state index in [1.807, 2.05) is 182 Å². The number of aryl methyl sites for hydroxylation is 1. The second-order valence-electron chi connectivity index (χ2n) is 32.0. The molecule has 1 aliphatic heterocycles. The lowest BCUT2D eigenvalue weighted by Gasteiger charge is -2.32. The molecule has 0 saturated carbocycles. The van der Waals surface area contributed by atoms with Gasteiger partial charge in [0.2, 0.25) is 8.32 Å². The van der Waals surface area contributed by atoms with Crippen molar-refractivity contribution in [3.05, 3.63) is 157 Å². The van der Waals surface area contributed by atoms with Gasteiger partial charge in [-0.05, 0) is 290 Å². The van der Waals surface area contributed by atoms with Crippen LogP contribution < -0.4 is 29.1 Å². The summed E-state index contributed by atoms with van der Waals surface area (Å²) < 4.78 is 69.8. The summed E-state index contributed by atoms with van der Waals surface area (Å²) in [5.74, 6) is 3.91. The zero-order valence-corrected chi connectivity index (χ0v) is 72.7. The zero-order valence-electron chi connectivity index (χ0n) is 69.6. The Balaban J connectivity index is 0.000000445. The summed E-state index contributed by atoms with van der Waals surface area (Å²) in [6, 6.07) is 33.7. The molecule has 0 spiro atoms. The molecule has 18 nitrogen and oxygen atoms in total. The zero-order chi connectivity index (χ0) is 81.0. The van der Waals surface area contributed by atoms with E-state index in [0.29, 0.717) is 37.4 Å². The third-order valence-electron chi connectivity index (χ3n) is 18.2. The molecule has 21 heteroatoms. The summed E-state index contributed by atoms with van der Waals surface area (Å²) in [5, 5.41) is 0. The molecule has 2 aliphatic rings. The van der Waals surface area contributed by atoms with Gasteiger partial charge in [-0.1, -0.05) is 75.7 Å². The SMILES string of the molecule is CCCc1ccc(OC)cc1.COC(=O)C(C)(C)Cc1ccc(OC)c(B2OC(C)(C)C(C)(C)O2)c1.COC(=O)C(C)(C)Cc1ccc(OC)c(C2=C(C=O)CC(C)(C)CC2)c1.COC(=O)C(C)(C)Cc1ccc(OC)c(I)c1.COC(=O)C(C)(C)Cc1ccc(OC)cc1.COC(O[Si](C)(C)C)=C(C)C. The minimum atomic E-state index is -1.49. The Bertz CT molecular complexity index is 3670. The van der Waals surface area contributed by atoms with Crippen LogP contribution in [0.15, 0.2) is 120 Å². The Kier molecular flexibility index (Phi) is 37.9. The van der Waals surface area contributed by atoms with Gasteiger partial charge in [0, 0.05) is 16.6 Å². The first-order chi connectivity index (χ1) is 49.2. The van der Waals surface area contributed by atoms with Crippen LogP contribution in [0.1, 0.15) is 177 Å². The smallest absolute Gasteiger partial charge is 0.498 e. The van der Waals surface area contributed by atoms with E-state index in [0.717, 1.165) is 109 Å². The fourth-order valence-corrected chi connectivity index (χ4v) is 13.3. The number of hydrogen-bond donors (Lipinski definition) is 0. The lowest BCUT2D eigenvalue weighted by atomic mass is 9.73. The van der Waals surface area contributed by atoms with Crippen LogP contribution in [0.3, 0.4) is 0 Å². The van der Waals surface area contributed by atoms with Crippen molar-refractivity contribution in [3.8, 4) is 28.7 Å². The molecule has 0 unspecified atom stereocenters. The minimum Gasteiger partial charge on any atom is -0.520 e. The molecule has 0 atom stereocenters. The van der Waals surface area contributed by atoms with Gasteiger partial charge in [-0.15, -0.1) is 0 Å². The first-order valence-electron chi connectivity index (χ1n) is 35.9. The second-order valence-corrected chi connectivity index (χ2v) is 37.6. The van der Waals surface area contributed by atoms with Crippen molar-refractivity contribution in [1.29, 1.82) is 0 Å². The lowest BCUT2D eigenvalue weighted by molar-refractivity contribution is -0.151. The second kappa shape index (κ2) is 42.4. The molecule has 5 aromatic carbocycles. The van der Waals surface area contributed by atoms with E-state index in [1.54, 1.807) is 42.7 Å². The predicted molar refractivity (Wildman–Crippen MR) is 436 cm³/mol. The number of benzene rings is 5.